The van der Waals surface area contributed by atoms with E-state index in [4.69, 9.17) is 0 Å². The summed E-state index contributed by atoms with van der Waals surface area (Å²) in [4.78, 5) is 22.3. The Morgan fingerprint density at radius 3 is 2.53 bits per heavy atom. The standard InChI is InChI=1S/C24H22F3IN6O2/c1-2-21(35)30-17-6-3-5-16(13-17)22-20(36-24(25,26)27)15-29-23(32-22)31-18-7-4-8-19(14-18)33-9-11-34(28)12-10-33/h2-8,13-15H,1,9-12H2,(H,30,35)(H,29,31,32). The monoisotopic (exact) mass is 610 g/mol. The normalized spacial score (nSPS) is 14.3. The van der Waals surface area contributed by atoms with E-state index < -0.39 is 18.0 Å². The quantitative estimate of drug-likeness (QED) is 0.211. The van der Waals surface area contributed by atoms with Gasteiger partial charge in [-0.3, -0.25) is 4.79 Å². The molecule has 8 nitrogen and oxygen atoms in total. The number of anilines is 4. The maximum Gasteiger partial charge on any atom is 0.573 e. The molecule has 12 heteroatoms. The second-order valence-electron chi connectivity index (χ2n) is 7.80. The second-order valence-corrected chi connectivity index (χ2v) is 9.17. The Morgan fingerprint density at radius 2 is 1.81 bits per heavy atom. The largest absolute Gasteiger partial charge is 0.573 e. The van der Waals surface area contributed by atoms with Crippen LogP contribution in [0, 0.1) is 0 Å². The van der Waals surface area contributed by atoms with E-state index in [0.717, 1.165) is 44.1 Å². The predicted octanol–water partition coefficient (Wildman–Crippen LogP) is 5.38. The molecule has 2 N–H and O–H groups in total. The number of benzene rings is 2. The van der Waals surface area contributed by atoms with E-state index >= 15 is 0 Å². The van der Waals surface area contributed by atoms with E-state index in [9.17, 15) is 18.0 Å². The number of hydrogen-bond acceptors (Lipinski definition) is 7. The van der Waals surface area contributed by atoms with Crippen molar-refractivity contribution in [2.24, 2.45) is 0 Å². The van der Waals surface area contributed by atoms with Gasteiger partial charge in [-0.05, 0) is 36.4 Å². The molecule has 0 spiro atoms. The van der Waals surface area contributed by atoms with E-state index in [1.54, 1.807) is 18.2 Å². The van der Waals surface area contributed by atoms with Crippen LogP contribution in [0.15, 0.2) is 67.4 Å². The van der Waals surface area contributed by atoms with Crippen molar-refractivity contribution in [1.29, 1.82) is 0 Å². The number of carbonyl (C=O) groups is 1. The van der Waals surface area contributed by atoms with Crippen molar-refractivity contribution in [2.45, 2.75) is 6.36 Å². The molecule has 0 atom stereocenters. The fourth-order valence-corrected chi connectivity index (χ4v) is 4.06. The van der Waals surface area contributed by atoms with Crippen molar-refractivity contribution in [1.82, 2.24) is 13.1 Å². The van der Waals surface area contributed by atoms with E-state index in [1.165, 1.54) is 6.07 Å². The van der Waals surface area contributed by atoms with Gasteiger partial charge in [0.1, 0.15) is 5.69 Å². The van der Waals surface area contributed by atoms with Crippen LogP contribution in [0.4, 0.5) is 36.2 Å². The molecule has 1 aromatic heterocycles. The number of aromatic nitrogens is 2. The lowest BCUT2D eigenvalue weighted by molar-refractivity contribution is -0.274. The molecule has 0 aliphatic carbocycles. The van der Waals surface area contributed by atoms with Crippen LogP contribution in [0.2, 0.25) is 0 Å². The Morgan fingerprint density at radius 1 is 1.08 bits per heavy atom. The third kappa shape index (κ3) is 6.85. The predicted molar refractivity (Wildman–Crippen MR) is 141 cm³/mol. The summed E-state index contributed by atoms with van der Waals surface area (Å²) in [7, 11) is 0. The molecular weight excluding hydrogens is 588 g/mol. The molecule has 0 unspecified atom stereocenters. The van der Waals surface area contributed by atoms with Crippen LogP contribution in [0.5, 0.6) is 5.75 Å². The molecule has 0 saturated carbocycles. The number of carbonyl (C=O) groups excluding carboxylic acids is 1. The molecule has 1 amide bonds. The van der Waals surface area contributed by atoms with Gasteiger partial charge in [0.2, 0.25) is 11.9 Å². The van der Waals surface area contributed by atoms with Crippen molar-refractivity contribution in [2.75, 3.05) is 41.7 Å². The maximum absolute atomic E-state index is 13.1. The van der Waals surface area contributed by atoms with E-state index in [0.29, 0.717) is 16.9 Å². The summed E-state index contributed by atoms with van der Waals surface area (Å²) in [6, 6.07) is 13.9. The van der Waals surface area contributed by atoms with Gasteiger partial charge in [0.15, 0.2) is 5.75 Å². The van der Waals surface area contributed by atoms with Crippen LogP contribution in [0.25, 0.3) is 11.3 Å². The number of hydrogen-bond donors (Lipinski definition) is 2. The smallest absolute Gasteiger partial charge is 0.402 e. The first kappa shape index (κ1) is 25.7. The molecule has 1 aliphatic rings. The van der Waals surface area contributed by atoms with Crippen LogP contribution in [-0.4, -0.2) is 51.5 Å². The summed E-state index contributed by atoms with van der Waals surface area (Å²) in [6.45, 7) is 7.04. The third-order valence-electron chi connectivity index (χ3n) is 5.26. The molecule has 36 heavy (non-hydrogen) atoms. The minimum atomic E-state index is -4.93. The zero-order valence-corrected chi connectivity index (χ0v) is 21.1. The van der Waals surface area contributed by atoms with Gasteiger partial charge in [0, 0.05) is 71.7 Å². The van der Waals surface area contributed by atoms with Crippen LogP contribution in [0.3, 0.4) is 0 Å². The van der Waals surface area contributed by atoms with Crippen molar-refractivity contribution in [3.8, 4) is 17.0 Å². The van der Waals surface area contributed by atoms with Gasteiger partial charge >= 0.3 is 6.36 Å². The van der Waals surface area contributed by atoms with Crippen LogP contribution in [-0.2, 0) is 4.79 Å². The topological polar surface area (TPSA) is 82.6 Å². The Balaban J connectivity index is 1.63. The Kier molecular flexibility index (Phi) is 7.94. The first-order chi connectivity index (χ1) is 17.2. The van der Waals surface area contributed by atoms with Crippen molar-refractivity contribution < 1.29 is 22.7 Å². The van der Waals surface area contributed by atoms with Crippen molar-refractivity contribution >= 4 is 51.8 Å². The highest BCUT2D eigenvalue weighted by molar-refractivity contribution is 14.1. The molecule has 0 bridgehead atoms. The molecule has 0 radical (unpaired) electrons. The molecule has 2 aromatic carbocycles. The second kappa shape index (κ2) is 11.1. The number of rotatable bonds is 7. The van der Waals surface area contributed by atoms with Gasteiger partial charge in [-0.15, -0.1) is 13.2 Å². The highest BCUT2D eigenvalue weighted by atomic mass is 127. The Hall–Kier alpha value is -3.39. The van der Waals surface area contributed by atoms with Gasteiger partial charge in [0.25, 0.3) is 0 Å². The van der Waals surface area contributed by atoms with E-state index in [1.807, 2.05) is 24.3 Å². The minimum Gasteiger partial charge on any atom is -0.402 e. The number of nitrogens with zero attached hydrogens (tertiary/aromatic N) is 4. The van der Waals surface area contributed by atoms with E-state index in [2.05, 4.69) is 62.8 Å². The number of nitrogens with one attached hydrogen (secondary N) is 2. The lowest BCUT2D eigenvalue weighted by Crippen LogP contribution is -2.42. The summed E-state index contributed by atoms with van der Waals surface area (Å²) in [5.41, 5.74) is 2.28. The summed E-state index contributed by atoms with van der Waals surface area (Å²) in [5.74, 6) is -0.927. The van der Waals surface area contributed by atoms with Gasteiger partial charge in [0.05, 0.1) is 6.20 Å². The summed E-state index contributed by atoms with van der Waals surface area (Å²) in [5, 5.41) is 5.64. The average molecular weight is 610 g/mol. The van der Waals surface area contributed by atoms with Gasteiger partial charge in [-0.1, -0.05) is 24.8 Å². The van der Waals surface area contributed by atoms with Gasteiger partial charge < -0.3 is 20.3 Å². The Bertz CT molecular complexity index is 1250. The number of amides is 1. The van der Waals surface area contributed by atoms with Crippen LogP contribution >= 0.6 is 22.9 Å². The molecule has 1 fully saturated rings. The number of halogens is 4. The van der Waals surface area contributed by atoms with E-state index in [-0.39, 0.29) is 11.6 Å². The lowest BCUT2D eigenvalue weighted by Gasteiger charge is -2.33. The number of piperazine rings is 1. The molecule has 1 saturated heterocycles. The first-order valence-corrected chi connectivity index (χ1v) is 11.9. The van der Waals surface area contributed by atoms with Crippen molar-refractivity contribution in [3.63, 3.8) is 0 Å². The Labute approximate surface area is 219 Å². The summed E-state index contributed by atoms with van der Waals surface area (Å²) >= 11 is 2.31. The molecular formula is C24H22F3IN6O2. The van der Waals surface area contributed by atoms with Crippen molar-refractivity contribution in [3.05, 3.63) is 67.4 Å². The maximum atomic E-state index is 13.1. The van der Waals surface area contributed by atoms with Gasteiger partial charge in [-0.2, -0.15) is 0 Å². The fourth-order valence-electron chi connectivity index (χ4n) is 3.62. The van der Waals surface area contributed by atoms with Crippen LogP contribution in [0.1, 0.15) is 0 Å². The first-order valence-electron chi connectivity index (χ1n) is 10.9. The highest BCUT2D eigenvalue weighted by Crippen LogP contribution is 2.34. The van der Waals surface area contributed by atoms with Crippen LogP contribution < -0.4 is 20.3 Å². The summed E-state index contributed by atoms with van der Waals surface area (Å²) < 4.78 is 45.6. The van der Waals surface area contributed by atoms with Gasteiger partial charge in [-0.25, -0.2) is 13.1 Å². The SMILES string of the molecule is C=CC(=O)Nc1cccc(-c2nc(Nc3cccc(N4CCN(I)CC4)c3)ncc2OC(F)(F)F)c1. The number of ether oxygens (including phenoxy) is 1. The molecule has 188 valence electrons. The molecule has 4 rings (SSSR count). The molecule has 3 aromatic rings. The fraction of sp³-hybridized carbons (Fsp3) is 0.208. The zero-order valence-electron chi connectivity index (χ0n) is 18.9. The molecule has 2 heterocycles. The highest BCUT2D eigenvalue weighted by Gasteiger charge is 2.33. The number of alkyl halides is 3. The zero-order chi connectivity index (χ0) is 25.7. The lowest BCUT2D eigenvalue weighted by atomic mass is 10.1. The summed E-state index contributed by atoms with van der Waals surface area (Å²) in [6.07, 6.45) is -2.87. The molecule has 1 aliphatic heterocycles. The third-order valence-corrected chi connectivity index (χ3v) is 6.23. The average Bonchev–Trinajstić information content (AvgIpc) is 2.85. The minimum absolute atomic E-state index is 0.0890.